The van der Waals surface area contributed by atoms with Crippen molar-refractivity contribution in [1.82, 2.24) is 5.32 Å². The number of hydrogen-bond acceptors (Lipinski definition) is 5. The molecule has 2 aromatic rings. The lowest BCUT2D eigenvalue weighted by atomic mass is 10.1. The maximum atomic E-state index is 10.3. The highest BCUT2D eigenvalue weighted by molar-refractivity contribution is 9.10. The summed E-state index contributed by atoms with van der Waals surface area (Å²) in [6.45, 7) is 1.03. The van der Waals surface area contributed by atoms with Gasteiger partial charge in [0.05, 0.1) is 27.4 Å². The number of methoxy groups -OCH3 is 3. The summed E-state index contributed by atoms with van der Waals surface area (Å²) >= 11 is 3.53. The van der Waals surface area contributed by atoms with E-state index in [1.807, 2.05) is 36.4 Å². The standard InChI is InChI=1S/C18H22BrNO4/c1-22-14-6-4-12(5-7-14)16(21)11-20-10-13-8-17(23-2)18(24-3)9-15(13)19/h4-9,16,20-21H,10-11H2,1-3H3. The number of aliphatic hydroxyl groups is 1. The van der Waals surface area contributed by atoms with E-state index in [2.05, 4.69) is 21.2 Å². The topological polar surface area (TPSA) is 60.0 Å². The highest BCUT2D eigenvalue weighted by atomic mass is 79.9. The Morgan fingerprint density at radius 2 is 1.62 bits per heavy atom. The van der Waals surface area contributed by atoms with E-state index in [1.54, 1.807) is 21.3 Å². The molecular weight excluding hydrogens is 374 g/mol. The van der Waals surface area contributed by atoms with Crippen molar-refractivity contribution >= 4 is 15.9 Å². The molecule has 0 aliphatic heterocycles. The number of benzene rings is 2. The molecule has 0 amide bonds. The molecule has 130 valence electrons. The first kappa shape index (κ1) is 18.6. The third kappa shape index (κ3) is 4.63. The highest BCUT2D eigenvalue weighted by Crippen LogP contribution is 2.33. The Morgan fingerprint density at radius 1 is 1.00 bits per heavy atom. The molecule has 6 heteroatoms. The van der Waals surface area contributed by atoms with Crippen LogP contribution in [0.5, 0.6) is 17.2 Å². The van der Waals surface area contributed by atoms with Crippen molar-refractivity contribution in [1.29, 1.82) is 0 Å². The van der Waals surface area contributed by atoms with Crippen molar-refractivity contribution in [2.24, 2.45) is 0 Å². The Kier molecular flexibility index (Phi) is 6.90. The molecular formula is C18H22BrNO4. The summed E-state index contributed by atoms with van der Waals surface area (Å²) < 4.78 is 16.6. The molecule has 0 saturated heterocycles. The van der Waals surface area contributed by atoms with Crippen LogP contribution < -0.4 is 19.5 Å². The minimum atomic E-state index is -0.588. The lowest BCUT2D eigenvalue weighted by Crippen LogP contribution is -2.21. The van der Waals surface area contributed by atoms with E-state index in [4.69, 9.17) is 14.2 Å². The number of rotatable bonds is 8. The van der Waals surface area contributed by atoms with E-state index in [9.17, 15) is 5.11 Å². The molecule has 0 fully saturated rings. The van der Waals surface area contributed by atoms with Crippen molar-refractivity contribution < 1.29 is 19.3 Å². The first-order chi connectivity index (χ1) is 11.6. The SMILES string of the molecule is COc1ccc(C(O)CNCc2cc(OC)c(OC)cc2Br)cc1. The predicted octanol–water partition coefficient (Wildman–Crippen LogP) is 3.30. The number of hydrogen-bond donors (Lipinski definition) is 2. The van der Waals surface area contributed by atoms with Crippen LogP contribution in [0.3, 0.4) is 0 Å². The molecule has 1 unspecified atom stereocenters. The van der Waals surface area contributed by atoms with Crippen LogP contribution in [0.25, 0.3) is 0 Å². The maximum absolute atomic E-state index is 10.3. The largest absolute Gasteiger partial charge is 0.497 e. The average molecular weight is 396 g/mol. The summed E-state index contributed by atoms with van der Waals surface area (Å²) in [5.74, 6) is 2.12. The van der Waals surface area contributed by atoms with Gasteiger partial charge in [0, 0.05) is 17.6 Å². The van der Waals surface area contributed by atoms with Gasteiger partial charge < -0.3 is 24.6 Å². The van der Waals surface area contributed by atoms with Crippen molar-refractivity contribution in [3.63, 3.8) is 0 Å². The summed E-state index contributed by atoms with van der Waals surface area (Å²) in [4.78, 5) is 0. The van der Waals surface area contributed by atoms with Crippen LogP contribution in [0.2, 0.25) is 0 Å². The third-order valence-electron chi connectivity index (χ3n) is 3.71. The minimum absolute atomic E-state index is 0.438. The molecule has 1 atom stereocenters. The lowest BCUT2D eigenvalue weighted by Gasteiger charge is -2.15. The van der Waals surface area contributed by atoms with Gasteiger partial charge in [-0.2, -0.15) is 0 Å². The number of aliphatic hydroxyl groups excluding tert-OH is 1. The summed E-state index contributed by atoms with van der Waals surface area (Å²) in [6.07, 6.45) is -0.588. The molecule has 0 radical (unpaired) electrons. The molecule has 24 heavy (non-hydrogen) atoms. The maximum Gasteiger partial charge on any atom is 0.161 e. The van der Waals surface area contributed by atoms with Crippen molar-refractivity contribution in [3.05, 3.63) is 52.0 Å². The molecule has 0 saturated carbocycles. The second-order valence-electron chi connectivity index (χ2n) is 5.22. The molecule has 0 aliphatic rings. The van der Waals surface area contributed by atoms with Gasteiger partial charge in [-0.05, 0) is 35.4 Å². The fraction of sp³-hybridized carbons (Fsp3) is 0.333. The molecule has 0 heterocycles. The van der Waals surface area contributed by atoms with E-state index >= 15 is 0 Å². The fourth-order valence-corrected chi connectivity index (χ4v) is 2.78. The molecule has 2 rings (SSSR count). The van der Waals surface area contributed by atoms with Crippen LogP contribution in [-0.4, -0.2) is 33.0 Å². The lowest BCUT2D eigenvalue weighted by molar-refractivity contribution is 0.174. The number of ether oxygens (including phenoxy) is 3. The number of nitrogens with one attached hydrogen (secondary N) is 1. The van der Waals surface area contributed by atoms with Gasteiger partial charge in [0.15, 0.2) is 11.5 Å². The Bertz CT molecular complexity index is 661. The van der Waals surface area contributed by atoms with Gasteiger partial charge in [-0.25, -0.2) is 0 Å². The van der Waals surface area contributed by atoms with Gasteiger partial charge in [0.25, 0.3) is 0 Å². The monoisotopic (exact) mass is 395 g/mol. The predicted molar refractivity (Wildman–Crippen MR) is 96.9 cm³/mol. The first-order valence-corrected chi connectivity index (χ1v) is 8.31. The van der Waals surface area contributed by atoms with Crippen LogP contribution in [0.4, 0.5) is 0 Å². The van der Waals surface area contributed by atoms with Gasteiger partial charge in [0.2, 0.25) is 0 Å². The van der Waals surface area contributed by atoms with E-state index < -0.39 is 6.10 Å². The molecule has 2 aromatic carbocycles. The van der Waals surface area contributed by atoms with Crippen LogP contribution >= 0.6 is 15.9 Å². The molecule has 0 spiro atoms. The fourth-order valence-electron chi connectivity index (χ4n) is 2.32. The van der Waals surface area contributed by atoms with Crippen molar-refractivity contribution in [3.8, 4) is 17.2 Å². The smallest absolute Gasteiger partial charge is 0.161 e. The minimum Gasteiger partial charge on any atom is -0.497 e. The van der Waals surface area contributed by atoms with Gasteiger partial charge in [-0.3, -0.25) is 0 Å². The van der Waals surface area contributed by atoms with Crippen LogP contribution in [0, 0.1) is 0 Å². The summed E-state index contributed by atoms with van der Waals surface area (Å²) in [6, 6.07) is 11.2. The molecule has 2 N–H and O–H groups in total. The summed E-state index contributed by atoms with van der Waals surface area (Å²) in [7, 11) is 4.83. The zero-order valence-corrected chi connectivity index (χ0v) is 15.6. The highest BCUT2D eigenvalue weighted by Gasteiger charge is 2.11. The second-order valence-corrected chi connectivity index (χ2v) is 6.07. The van der Waals surface area contributed by atoms with Crippen molar-refractivity contribution in [2.45, 2.75) is 12.6 Å². The Balaban J connectivity index is 1.95. The van der Waals surface area contributed by atoms with E-state index in [0.717, 1.165) is 21.3 Å². The molecule has 0 aliphatic carbocycles. The zero-order chi connectivity index (χ0) is 17.5. The first-order valence-electron chi connectivity index (χ1n) is 7.52. The van der Waals surface area contributed by atoms with Crippen LogP contribution in [-0.2, 0) is 6.54 Å². The molecule has 0 bridgehead atoms. The molecule has 0 aromatic heterocycles. The quantitative estimate of drug-likeness (QED) is 0.717. The number of halogens is 1. The van der Waals surface area contributed by atoms with Crippen molar-refractivity contribution in [2.75, 3.05) is 27.9 Å². The van der Waals surface area contributed by atoms with E-state index in [0.29, 0.717) is 24.6 Å². The Hall–Kier alpha value is -1.76. The van der Waals surface area contributed by atoms with E-state index in [-0.39, 0.29) is 0 Å². The van der Waals surface area contributed by atoms with Gasteiger partial charge >= 0.3 is 0 Å². The van der Waals surface area contributed by atoms with Crippen LogP contribution in [0.1, 0.15) is 17.2 Å². The summed E-state index contributed by atoms with van der Waals surface area (Å²) in [5.41, 5.74) is 1.87. The van der Waals surface area contributed by atoms with E-state index in [1.165, 1.54) is 0 Å². The summed E-state index contributed by atoms with van der Waals surface area (Å²) in [5, 5.41) is 13.5. The zero-order valence-electron chi connectivity index (χ0n) is 14.0. The average Bonchev–Trinajstić information content (AvgIpc) is 2.62. The van der Waals surface area contributed by atoms with Crippen LogP contribution in [0.15, 0.2) is 40.9 Å². The Labute approximate surface area is 150 Å². The normalized spacial score (nSPS) is 11.9. The third-order valence-corrected chi connectivity index (χ3v) is 4.44. The van der Waals surface area contributed by atoms with Gasteiger partial charge in [-0.15, -0.1) is 0 Å². The Morgan fingerprint density at radius 3 is 2.21 bits per heavy atom. The van der Waals surface area contributed by atoms with Gasteiger partial charge in [0.1, 0.15) is 5.75 Å². The second kappa shape index (κ2) is 8.92. The van der Waals surface area contributed by atoms with Gasteiger partial charge in [-0.1, -0.05) is 28.1 Å². The molecule has 5 nitrogen and oxygen atoms in total.